The third kappa shape index (κ3) is 9.67. The van der Waals surface area contributed by atoms with Crippen molar-refractivity contribution in [1.29, 1.82) is 0 Å². The van der Waals surface area contributed by atoms with Gasteiger partial charge in [-0.3, -0.25) is 0 Å². The summed E-state index contributed by atoms with van der Waals surface area (Å²) in [6.07, 6.45) is 15.3. The van der Waals surface area contributed by atoms with Gasteiger partial charge in [-0.25, -0.2) is 0 Å². The molecular formula is C17H29BrS. The Morgan fingerprint density at radius 2 is 1.63 bits per heavy atom. The maximum absolute atomic E-state index is 3.82. The summed E-state index contributed by atoms with van der Waals surface area (Å²) >= 11 is 5.70. The predicted octanol–water partition coefficient (Wildman–Crippen LogP) is 6.98. The summed E-state index contributed by atoms with van der Waals surface area (Å²) in [7, 11) is 0. The van der Waals surface area contributed by atoms with Crippen LogP contribution in [0.5, 0.6) is 0 Å². The first-order chi connectivity index (χ1) is 9.33. The van der Waals surface area contributed by atoms with Gasteiger partial charge in [-0.15, -0.1) is 11.3 Å². The van der Waals surface area contributed by atoms with E-state index < -0.39 is 0 Å². The lowest BCUT2D eigenvalue weighted by Crippen LogP contribution is -2.01. The summed E-state index contributed by atoms with van der Waals surface area (Å²) < 4.78 is 0. The van der Waals surface area contributed by atoms with E-state index in [1.54, 1.807) is 0 Å². The van der Waals surface area contributed by atoms with Gasteiger partial charge in [-0.1, -0.05) is 86.7 Å². The van der Waals surface area contributed by atoms with Gasteiger partial charge in [0.2, 0.25) is 0 Å². The normalized spacial score (nSPS) is 12.7. The lowest BCUT2D eigenvalue weighted by atomic mass is 10.1. The lowest BCUT2D eigenvalue weighted by Gasteiger charge is -2.08. The number of rotatable bonds is 12. The molecule has 0 aliphatic heterocycles. The molecule has 0 fully saturated rings. The van der Waals surface area contributed by atoms with Crippen molar-refractivity contribution in [3.05, 3.63) is 22.4 Å². The molecule has 1 heterocycles. The average Bonchev–Trinajstić information content (AvgIpc) is 2.89. The second-order valence-corrected chi connectivity index (χ2v) is 7.83. The Labute approximate surface area is 132 Å². The fourth-order valence-electron chi connectivity index (χ4n) is 2.43. The van der Waals surface area contributed by atoms with Crippen LogP contribution in [-0.2, 0) is 6.42 Å². The average molecular weight is 345 g/mol. The minimum absolute atomic E-state index is 0.677. The molecule has 110 valence electrons. The van der Waals surface area contributed by atoms with Gasteiger partial charge in [-0.05, 0) is 24.3 Å². The summed E-state index contributed by atoms with van der Waals surface area (Å²) in [5, 5.41) is 2.17. The fraction of sp³-hybridized carbons (Fsp3) is 0.765. The molecule has 2 heteroatoms. The molecule has 0 saturated heterocycles. The molecule has 19 heavy (non-hydrogen) atoms. The molecule has 0 nitrogen and oxygen atoms in total. The summed E-state index contributed by atoms with van der Waals surface area (Å²) in [6, 6.07) is 4.40. The predicted molar refractivity (Wildman–Crippen MR) is 92.6 cm³/mol. The van der Waals surface area contributed by atoms with Crippen LogP contribution in [0.25, 0.3) is 0 Å². The highest BCUT2D eigenvalue weighted by molar-refractivity contribution is 9.09. The Morgan fingerprint density at radius 3 is 2.21 bits per heavy atom. The number of unbranched alkanes of at least 4 members (excludes halogenated alkanes) is 8. The molecule has 0 aliphatic carbocycles. The monoisotopic (exact) mass is 344 g/mol. The van der Waals surface area contributed by atoms with Gasteiger partial charge in [0.15, 0.2) is 0 Å². The minimum atomic E-state index is 0.677. The topological polar surface area (TPSA) is 0 Å². The van der Waals surface area contributed by atoms with Crippen molar-refractivity contribution in [2.24, 2.45) is 0 Å². The zero-order valence-electron chi connectivity index (χ0n) is 12.4. The first-order valence-corrected chi connectivity index (χ1v) is 9.79. The van der Waals surface area contributed by atoms with Crippen molar-refractivity contribution < 1.29 is 0 Å². The molecule has 0 radical (unpaired) electrons. The molecule has 0 saturated carbocycles. The molecule has 1 aromatic rings. The number of halogens is 1. The highest BCUT2D eigenvalue weighted by Crippen LogP contribution is 2.20. The Bertz CT molecular complexity index is 281. The zero-order chi connectivity index (χ0) is 13.8. The number of thiophene rings is 1. The Morgan fingerprint density at radius 1 is 1.00 bits per heavy atom. The molecule has 0 spiro atoms. The van der Waals surface area contributed by atoms with Gasteiger partial charge in [0, 0.05) is 9.70 Å². The lowest BCUT2D eigenvalue weighted by molar-refractivity contribution is 0.553. The van der Waals surface area contributed by atoms with Gasteiger partial charge in [0.05, 0.1) is 0 Å². The van der Waals surface area contributed by atoms with Crippen molar-refractivity contribution >= 4 is 27.3 Å². The summed E-state index contributed by atoms with van der Waals surface area (Å²) in [5.41, 5.74) is 0. The van der Waals surface area contributed by atoms with Crippen molar-refractivity contribution in [3.8, 4) is 0 Å². The molecule has 0 aliphatic rings. The molecule has 0 N–H and O–H groups in total. The van der Waals surface area contributed by atoms with Crippen molar-refractivity contribution in [2.75, 3.05) is 0 Å². The van der Waals surface area contributed by atoms with E-state index in [1.165, 1.54) is 75.5 Å². The Balaban J connectivity index is 1.85. The van der Waals surface area contributed by atoms with Crippen molar-refractivity contribution in [1.82, 2.24) is 0 Å². The quantitative estimate of drug-likeness (QED) is 0.283. The van der Waals surface area contributed by atoms with Gasteiger partial charge < -0.3 is 0 Å². The van der Waals surface area contributed by atoms with Crippen LogP contribution in [0.4, 0.5) is 0 Å². The highest BCUT2D eigenvalue weighted by atomic mass is 79.9. The van der Waals surface area contributed by atoms with Gasteiger partial charge in [0.1, 0.15) is 0 Å². The summed E-state index contributed by atoms with van der Waals surface area (Å²) in [4.78, 5) is 2.19. The van der Waals surface area contributed by atoms with E-state index in [4.69, 9.17) is 0 Å². The Kier molecular flexibility index (Phi) is 10.8. The molecule has 0 aromatic carbocycles. The van der Waals surface area contributed by atoms with Gasteiger partial charge in [-0.2, -0.15) is 0 Å². The van der Waals surface area contributed by atoms with E-state index in [0.29, 0.717) is 4.83 Å². The molecule has 1 rings (SSSR count). The van der Waals surface area contributed by atoms with Crippen molar-refractivity contribution in [3.63, 3.8) is 0 Å². The molecule has 1 aromatic heterocycles. The largest absolute Gasteiger partial charge is 0.149 e. The minimum Gasteiger partial charge on any atom is -0.149 e. The van der Waals surface area contributed by atoms with E-state index in [9.17, 15) is 0 Å². The first kappa shape index (κ1) is 17.2. The van der Waals surface area contributed by atoms with Crippen LogP contribution in [0.15, 0.2) is 17.5 Å². The second kappa shape index (κ2) is 12.0. The molecule has 0 bridgehead atoms. The second-order valence-electron chi connectivity index (χ2n) is 5.50. The van der Waals surface area contributed by atoms with Crippen LogP contribution in [-0.4, -0.2) is 4.83 Å². The SMILES string of the molecule is CCCCCCCCCCCC(Br)Cc1cccs1. The molecule has 1 atom stereocenters. The van der Waals surface area contributed by atoms with Crippen LogP contribution < -0.4 is 0 Å². The molecular weight excluding hydrogens is 316 g/mol. The van der Waals surface area contributed by atoms with Gasteiger partial charge in [0.25, 0.3) is 0 Å². The van der Waals surface area contributed by atoms with Crippen molar-refractivity contribution in [2.45, 2.75) is 82.4 Å². The summed E-state index contributed by atoms with van der Waals surface area (Å²) in [6.45, 7) is 2.28. The van der Waals surface area contributed by atoms with Crippen LogP contribution in [0.3, 0.4) is 0 Å². The number of alkyl halides is 1. The molecule has 0 amide bonds. The first-order valence-electron chi connectivity index (χ1n) is 7.99. The van der Waals surface area contributed by atoms with Crippen LogP contribution in [0.1, 0.15) is 76.0 Å². The van der Waals surface area contributed by atoms with E-state index in [0.717, 1.165) is 0 Å². The fourth-order valence-corrected chi connectivity index (χ4v) is 4.10. The van der Waals surface area contributed by atoms with Gasteiger partial charge >= 0.3 is 0 Å². The standard InChI is InChI=1S/C17H29BrS/c1-2-3-4-5-6-7-8-9-10-12-16(18)15-17-13-11-14-19-17/h11,13-14,16H,2-10,12,15H2,1H3. The van der Waals surface area contributed by atoms with E-state index in [-0.39, 0.29) is 0 Å². The van der Waals surface area contributed by atoms with E-state index >= 15 is 0 Å². The van der Waals surface area contributed by atoms with E-state index in [1.807, 2.05) is 11.3 Å². The maximum Gasteiger partial charge on any atom is 0.0194 e. The number of hydrogen-bond acceptors (Lipinski definition) is 1. The molecule has 1 unspecified atom stereocenters. The van der Waals surface area contributed by atoms with Crippen LogP contribution in [0.2, 0.25) is 0 Å². The van der Waals surface area contributed by atoms with Crippen LogP contribution >= 0.6 is 27.3 Å². The van der Waals surface area contributed by atoms with Crippen LogP contribution in [0, 0.1) is 0 Å². The highest BCUT2D eigenvalue weighted by Gasteiger charge is 2.05. The summed E-state index contributed by atoms with van der Waals surface area (Å²) in [5.74, 6) is 0. The maximum atomic E-state index is 3.82. The third-order valence-electron chi connectivity index (χ3n) is 3.62. The zero-order valence-corrected chi connectivity index (χ0v) is 14.8. The number of hydrogen-bond donors (Lipinski definition) is 0. The Hall–Kier alpha value is 0.180. The van der Waals surface area contributed by atoms with E-state index in [2.05, 4.69) is 40.4 Å². The smallest absolute Gasteiger partial charge is 0.0194 e. The third-order valence-corrected chi connectivity index (χ3v) is 5.30.